The summed E-state index contributed by atoms with van der Waals surface area (Å²) < 4.78 is 11.0. The van der Waals surface area contributed by atoms with Gasteiger partial charge < -0.3 is 19.7 Å². The van der Waals surface area contributed by atoms with E-state index < -0.39 is 4.92 Å². The van der Waals surface area contributed by atoms with Crippen molar-refractivity contribution >= 4 is 11.6 Å². The molecule has 0 spiro atoms. The van der Waals surface area contributed by atoms with Crippen molar-refractivity contribution in [2.75, 3.05) is 33.4 Å². The second-order valence-electron chi connectivity index (χ2n) is 7.61. The van der Waals surface area contributed by atoms with Crippen molar-refractivity contribution in [2.45, 2.75) is 26.4 Å². The minimum absolute atomic E-state index is 0.0833. The molecule has 8 nitrogen and oxygen atoms in total. The Bertz CT molecular complexity index is 862. The molecule has 0 bridgehead atoms. The molecule has 1 atom stereocenters. The molecule has 1 N–H and O–H groups in total. The fourth-order valence-corrected chi connectivity index (χ4v) is 3.39. The number of benzene rings is 2. The molecular formula is C23H30N4O4. The summed E-state index contributed by atoms with van der Waals surface area (Å²) in [6.45, 7) is 6.13. The summed E-state index contributed by atoms with van der Waals surface area (Å²) in [5.74, 6) is 2.13. The molecule has 3 rings (SSSR count). The van der Waals surface area contributed by atoms with Crippen LogP contribution in [0.15, 0.2) is 53.5 Å². The van der Waals surface area contributed by atoms with Crippen LogP contribution in [0.5, 0.6) is 5.75 Å². The Hall–Kier alpha value is -3.13. The summed E-state index contributed by atoms with van der Waals surface area (Å²) in [6.07, 6.45) is 1.05. The topological polar surface area (TPSA) is 89.2 Å². The fraction of sp³-hybridized carbons (Fsp3) is 0.435. The van der Waals surface area contributed by atoms with Gasteiger partial charge >= 0.3 is 0 Å². The Labute approximate surface area is 183 Å². The predicted molar refractivity (Wildman–Crippen MR) is 120 cm³/mol. The zero-order valence-electron chi connectivity index (χ0n) is 18.1. The van der Waals surface area contributed by atoms with E-state index in [1.165, 1.54) is 12.1 Å². The SMILES string of the molecule is CCOc1ccc(CN(C)C(=NCc2ccc([N+](=O)[O-])cc2)NCC2CCOC2)cc1. The highest BCUT2D eigenvalue weighted by Gasteiger charge is 2.17. The average Bonchev–Trinajstić information content (AvgIpc) is 3.29. The summed E-state index contributed by atoms with van der Waals surface area (Å²) in [5, 5.41) is 14.3. The highest BCUT2D eigenvalue weighted by atomic mass is 16.6. The standard InChI is InChI=1S/C23H30N4O4/c1-3-31-22-10-6-19(7-11-22)16-26(2)23(25-15-20-12-13-30-17-20)24-14-18-4-8-21(9-5-18)27(28)29/h4-11,20H,3,12-17H2,1-2H3,(H,24,25). The van der Waals surface area contributed by atoms with Crippen molar-refractivity contribution in [1.29, 1.82) is 0 Å². The summed E-state index contributed by atoms with van der Waals surface area (Å²) in [6, 6.07) is 14.6. The van der Waals surface area contributed by atoms with Crippen molar-refractivity contribution in [2.24, 2.45) is 10.9 Å². The molecule has 0 amide bonds. The van der Waals surface area contributed by atoms with Crippen LogP contribution in [0.25, 0.3) is 0 Å². The minimum Gasteiger partial charge on any atom is -0.494 e. The van der Waals surface area contributed by atoms with Gasteiger partial charge in [0.1, 0.15) is 5.75 Å². The number of non-ortho nitro benzene ring substituents is 1. The molecule has 1 aliphatic heterocycles. The van der Waals surface area contributed by atoms with Gasteiger partial charge in [-0.25, -0.2) is 4.99 Å². The number of guanidine groups is 1. The number of nitro groups is 1. The maximum absolute atomic E-state index is 10.9. The molecular weight excluding hydrogens is 396 g/mol. The van der Waals surface area contributed by atoms with Gasteiger partial charge in [0, 0.05) is 44.8 Å². The first-order valence-electron chi connectivity index (χ1n) is 10.6. The van der Waals surface area contributed by atoms with Gasteiger partial charge in [0.05, 0.1) is 24.7 Å². The lowest BCUT2D eigenvalue weighted by Crippen LogP contribution is -2.41. The van der Waals surface area contributed by atoms with Gasteiger partial charge in [-0.05, 0) is 36.6 Å². The highest BCUT2D eigenvalue weighted by molar-refractivity contribution is 5.79. The second kappa shape index (κ2) is 11.3. The first-order valence-corrected chi connectivity index (χ1v) is 10.6. The Kier molecular flexibility index (Phi) is 8.23. The number of aliphatic imine (C=N–C) groups is 1. The number of nitrogens with zero attached hydrogens (tertiary/aromatic N) is 3. The van der Waals surface area contributed by atoms with Crippen molar-refractivity contribution in [3.05, 3.63) is 69.8 Å². The predicted octanol–water partition coefficient (Wildman–Crippen LogP) is 3.61. The molecule has 2 aromatic carbocycles. The van der Waals surface area contributed by atoms with Crippen molar-refractivity contribution in [3.63, 3.8) is 0 Å². The third kappa shape index (κ3) is 6.96. The Morgan fingerprint density at radius 1 is 1.23 bits per heavy atom. The van der Waals surface area contributed by atoms with Crippen LogP contribution < -0.4 is 10.1 Å². The minimum atomic E-state index is -0.395. The van der Waals surface area contributed by atoms with Crippen LogP contribution in [0, 0.1) is 16.0 Å². The number of hydrogen-bond acceptors (Lipinski definition) is 5. The summed E-state index contributed by atoms with van der Waals surface area (Å²) >= 11 is 0. The van der Waals surface area contributed by atoms with Crippen LogP contribution in [0.2, 0.25) is 0 Å². The van der Waals surface area contributed by atoms with Gasteiger partial charge in [0.15, 0.2) is 5.96 Å². The van der Waals surface area contributed by atoms with Gasteiger partial charge in [-0.1, -0.05) is 24.3 Å². The average molecular weight is 427 g/mol. The molecule has 0 radical (unpaired) electrons. The summed E-state index contributed by atoms with van der Waals surface area (Å²) in [7, 11) is 2.00. The van der Waals surface area contributed by atoms with Crippen LogP contribution in [0.4, 0.5) is 5.69 Å². The lowest BCUT2D eigenvalue weighted by Gasteiger charge is -2.24. The molecule has 2 aromatic rings. The Balaban J connectivity index is 1.67. The van der Waals surface area contributed by atoms with Crippen LogP contribution in [0.3, 0.4) is 0 Å². The number of nitro benzene ring substituents is 1. The second-order valence-corrected chi connectivity index (χ2v) is 7.61. The molecule has 0 aliphatic carbocycles. The normalized spacial score (nSPS) is 16.2. The van der Waals surface area contributed by atoms with E-state index >= 15 is 0 Å². The highest BCUT2D eigenvalue weighted by Crippen LogP contribution is 2.15. The van der Waals surface area contributed by atoms with Crippen molar-refractivity contribution < 1.29 is 14.4 Å². The molecule has 31 heavy (non-hydrogen) atoms. The third-order valence-corrected chi connectivity index (χ3v) is 5.15. The van der Waals surface area contributed by atoms with E-state index in [9.17, 15) is 10.1 Å². The van der Waals surface area contributed by atoms with E-state index in [0.717, 1.165) is 49.0 Å². The first-order chi connectivity index (χ1) is 15.0. The molecule has 0 aromatic heterocycles. The first kappa shape index (κ1) is 22.6. The molecule has 1 fully saturated rings. The Morgan fingerprint density at radius 3 is 2.55 bits per heavy atom. The van der Waals surface area contributed by atoms with Crippen molar-refractivity contribution in [3.8, 4) is 5.75 Å². The van der Waals surface area contributed by atoms with Crippen LogP contribution in [0.1, 0.15) is 24.5 Å². The smallest absolute Gasteiger partial charge is 0.269 e. The number of hydrogen-bond donors (Lipinski definition) is 1. The number of nitrogens with one attached hydrogen (secondary N) is 1. The zero-order valence-corrected chi connectivity index (χ0v) is 18.1. The molecule has 166 valence electrons. The molecule has 1 aliphatic rings. The number of rotatable bonds is 9. The lowest BCUT2D eigenvalue weighted by molar-refractivity contribution is -0.384. The van der Waals surface area contributed by atoms with Gasteiger partial charge in [-0.15, -0.1) is 0 Å². The third-order valence-electron chi connectivity index (χ3n) is 5.15. The van der Waals surface area contributed by atoms with Gasteiger partial charge in [-0.2, -0.15) is 0 Å². The van der Waals surface area contributed by atoms with Gasteiger partial charge in [0.2, 0.25) is 0 Å². The maximum Gasteiger partial charge on any atom is 0.269 e. The fourth-order valence-electron chi connectivity index (χ4n) is 3.39. The Morgan fingerprint density at radius 2 is 1.94 bits per heavy atom. The van der Waals surface area contributed by atoms with E-state index in [1.807, 2.05) is 26.1 Å². The summed E-state index contributed by atoms with van der Waals surface area (Å²) in [5.41, 5.74) is 2.16. The molecule has 8 heteroatoms. The van der Waals surface area contributed by atoms with Crippen LogP contribution in [-0.2, 0) is 17.8 Å². The monoisotopic (exact) mass is 426 g/mol. The van der Waals surface area contributed by atoms with Crippen molar-refractivity contribution in [1.82, 2.24) is 10.2 Å². The van der Waals surface area contributed by atoms with E-state index in [4.69, 9.17) is 14.5 Å². The molecule has 0 saturated carbocycles. The lowest BCUT2D eigenvalue weighted by atomic mass is 10.1. The van der Waals surface area contributed by atoms with E-state index in [-0.39, 0.29) is 5.69 Å². The summed E-state index contributed by atoms with van der Waals surface area (Å²) in [4.78, 5) is 17.3. The molecule has 1 heterocycles. The zero-order chi connectivity index (χ0) is 22.1. The number of ether oxygens (including phenoxy) is 2. The van der Waals surface area contributed by atoms with Crippen LogP contribution >= 0.6 is 0 Å². The van der Waals surface area contributed by atoms with Crippen LogP contribution in [-0.4, -0.2) is 49.2 Å². The largest absolute Gasteiger partial charge is 0.494 e. The van der Waals surface area contributed by atoms with Gasteiger partial charge in [-0.3, -0.25) is 10.1 Å². The van der Waals surface area contributed by atoms with E-state index in [2.05, 4.69) is 22.3 Å². The molecule has 1 unspecified atom stereocenters. The maximum atomic E-state index is 10.9. The quantitative estimate of drug-likeness (QED) is 0.285. The van der Waals surface area contributed by atoms with E-state index in [0.29, 0.717) is 25.6 Å². The van der Waals surface area contributed by atoms with E-state index in [1.54, 1.807) is 12.1 Å². The molecule has 1 saturated heterocycles. The van der Waals surface area contributed by atoms with Gasteiger partial charge in [0.25, 0.3) is 5.69 Å².